The summed E-state index contributed by atoms with van der Waals surface area (Å²) in [4.78, 5) is 16.7. The van der Waals surface area contributed by atoms with E-state index in [2.05, 4.69) is 22.0 Å². The van der Waals surface area contributed by atoms with Crippen molar-refractivity contribution in [2.24, 2.45) is 12.0 Å². The monoisotopic (exact) mass is 392 g/mol. The van der Waals surface area contributed by atoms with Gasteiger partial charge in [-0.25, -0.2) is 4.39 Å². The molecule has 1 aromatic heterocycles. The van der Waals surface area contributed by atoms with Crippen LogP contribution in [0, 0.1) is 5.82 Å². The fourth-order valence-corrected chi connectivity index (χ4v) is 2.97. The van der Waals surface area contributed by atoms with Gasteiger partial charge in [0.25, 0.3) is 5.91 Å². The molecular formula is C18H18ClFN4O3. The maximum absolute atomic E-state index is 14.0. The Kier molecular flexibility index (Phi) is 5.46. The van der Waals surface area contributed by atoms with E-state index in [1.165, 1.54) is 29.1 Å². The van der Waals surface area contributed by atoms with Crippen LogP contribution in [-0.2, 0) is 11.8 Å². The highest BCUT2D eigenvalue weighted by atomic mass is 35.5. The van der Waals surface area contributed by atoms with Gasteiger partial charge in [0.2, 0.25) is 5.90 Å². The Labute approximate surface area is 160 Å². The van der Waals surface area contributed by atoms with Gasteiger partial charge in [-0.1, -0.05) is 18.2 Å². The average molecular weight is 393 g/mol. The van der Waals surface area contributed by atoms with Crippen LogP contribution in [0.1, 0.15) is 28.9 Å². The van der Waals surface area contributed by atoms with E-state index in [1.54, 1.807) is 14.0 Å². The highest BCUT2D eigenvalue weighted by Crippen LogP contribution is 2.36. The number of ether oxygens (including phenoxy) is 2. The summed E-state index contributed by atoms with van der Waals surface area (Å²) >= 11 is 6.15. The van der Waals surface area contributed by atoms with Crippen LogP contribution >= 0.6 is 11.6 Å². The number of aryl methyl sites for hydroxylation is 1. The normalized spacial score (nSPS) is 19.5. The molecule has 1 aromatic carbocycles. The molecule has 0 aliphatic carbocycles. The van der Waals surface area contributed by atoms with Crippen molar-refractivity contribution in [3.63, 3.8) is 0 Å². The second-order valence-corrected chi connectivity index (χ2v) is 6.18. The second-order valence-electron chi connectivity index (χ2n) is 5.80. The summed E-state index contributed by atoms with van der Waals surface area (Å²) in [5.41, 5.74) is 0.635. The minimum Gasteiger partial charge on any atom is -0.491 e. The molecule has 27 heavy (non-hydrogen) atoms. The SMILES string of the molecule is C=C/C1=N\c2c(cnn2C)C(=O)NCCOc2ccc(F)c(Cl)c2C(C)O1. The highest BCUT2D eigenvalue weighted by molar-refractivity contribution is 6.31. The first-order valence-electron chi connectivity index (χ1n) is 8.21. The van der Waals surface area contributed by atoms with E-state index >= 15 is 0 Å². The fraction of sp³-hybridized carbons (Fsp3) is 0.278. The van der Waals surface area contributed by atoms with Crippen LogP contribution in [0.2, 0.25) is 5.02 Å². The first kappa shape index (κ1) is 18.9. The molecule has 0 spiro atoms. The molecule has 1 unspecified atom stereocenters. The lowest BCUT2D eigenvalue weighted by atomic mass is 10.1. The Balaban J connectivity index is 2.09. The number of hydrogen-bond donors (Lipinski definition) is 1. The zero-order valence-electron chi connectivity index (χ0n) is 14.8. The van der Waals surface area contributed by atoms with Crippen LogP contribution in [0.25, 0.3) is 0 Å². The quantitative estimate of drug-likeness (QED) is 0.807. The van der Waals surface area contributed by atoms with Gasteiger partial charge in [-0.15, -0.1) is 0 Å². The van der Waals surface area contributed by atoms with Crippen molar-refractivity contribution < 1.29 is 18.7 Å². The Bertz CT molecular complexity index is 926. The lowest BCUT2D eigenvalue weighted by Gasteiger charge is -2.20. The van der Waals surface area contributed by atoms with E-state index in [4.69, 9.17) is 21.1 Å². The van der Waals surface area contributed by atoms with Gasteiger partial charge in [0.1, 0.15) is 29.8 Å². The number of amides is 1. The molecule has 0 saturated heterocycles. The summed E-state index contributed by atoms with van der Waals surface area (Å²) in [5.74, 6) is -0.132. The number of carbonyl (C=O) groups excluding carboxylic acids is 1. The number of aliphatic imine (C=N–C) groups is 1. The van der Waals surface area contributed by atoms with Gasteiger partial charge in [-0.2, -0.15) is 10.1 Å². The van der Waals surface area contributed by atoms with Gasteiger partial charge in [0, 0.05) is 7.05 Å². The van der Waals surface area contributed by atoms with Crippen molar-refractivity contribution in [3.05, 3.63) is 53.0 Å². The molecule has 1 N–H and O–H groups in total. The van der Waals surface area contributed by atoms with Crippen LogP contribution in [0.5, 0.6) is 5.75 Å². The van der Waals surface area contributed by atoms with Crippen molar-refractivity contribution in [2.75, 3.05) is 13.2 Å². The molecule has 1 aliphatic rings. The summed E-state index contributed by atoms with van der Waals surface area (Å²) in [6, 6.07) is 2.69. The van der Waals surface area contributed by atoms with Crippen LogP contribution in [0.3, 0.4) is 0 Å². The number of carbonyl (C=O) groups is 1. The molecule has 2 heterocycles. The molecule has 7 nitrogen and oxygen atoms in total. The number of aromatic nitrogens is 2. The van der Waals surface area contributed by atoms with Crippen molar-refractivity contribution >= 4 is 29.2 Å². The number of nitrogens with one attached hydrogen (secondary N) is 1. The number of fused-ring (bicyclic) bond motifs is 2. The first-order valence-corrected chi connectivity index (χ1v) is 8.58. The van der Waals surface area contributed by atoms with Crippen molar-refractivity contribution in [3.8, 4) is 5.75 Å². The van der Waals surface area contributed by atoms with Gasteiger partial charge in [0.15, 0.2) is 5.82 Å². The Hall–Kier alpha value is -2.87. The van der Waals surface area contributed by atoms with E-state index in [9.17, 15) is 9.18 Å². The zero-order valence-corrected chi connectivity index (χ0v) is 15.6. The molecule has 1 aliphatic heterocycles. The van der Waals surface area contributed by atoms with Crippen LogP contribution in [-0.4, -0.2) is 34.7 Å². The summed E-state index contributed by atoms with van der Waals surface area (Å²) in [6.07, 6.45) is 2.12. The van der Waals surface area contributed by atoms with E-state index in [1.807, 2.05) is 0 Å². The molecule has 9 heteroatoms. The molecule has 3 rings (SSSR count). The third-order valence-electron chi connectivity index (χ3n) is 3.98. The largest absolute Gasteiger partial charge is 0.491 e. The summed E-state index contributed by atoms with van der Waals surface area (Å²) in [7, 11) is 1.66. The van der Waals surface area contributed by atoms with Crippen molar-refractivity contribution in [2.45, 2.75) is 13.0 Å². The van der Waals surface area contributed by atoms with Crippen LogP contribution in [0.15, 0.2) is 36.0 Å². The van der Waals surface area contributed by atoms with Gasteiger partial charge >= 0.3 is 0 Å². The van der Waals surface area contributed by atoms with Crippen molar-refractivity contribution in [1.82, 2.24) is 15.1 Å². The van der Waals surface area contributed by atoms with Gasteiger partial charge < -0.3 is 14.8 Å². The third-order valence-corrected chi connectivity index (χ3v) is 4.37. The van der Waals surface area contributed by atoms with Crippen LogP contribution in [0.4, 0.5) is 10.2 Å². The predicted octanol–water partition coefficient (Wildman–Crippen LogP) is 3.33. The lowest BCUT2D eigenvalue weighted by Crippen LogP contribution is -2.28. The molecule has 0 radical (unpaired) electrons. The number of rotatable bonds is 1. The topological polar surface area (TPSA) is 77.7 Å². The number of benzene rings is 1. The van der Waals surface area contributed by atoms with E-state index in [0.29, 0.717) is 17.1 Å². The number of halogens is 2. The molecule has 142 valence electrons. The van der Waals surface area contributed by atoms with Crippen LogP contribution < -0.4 is 10.1 Å². The minimum absolute atomic E-state index is 0.0939. The molecule has 1 atom stereocenters. The Morgan fingerprint density at radius 1 is 1.48 bits per heavy atom. The fourth-order valence-electron chi connectivity index (χ4n) is 2.66. The maximum atomic E-state index is 14.0. The maximum Gasteiger partial charge on any atom is 0.256 e. The van der Waals surface area contributed by atoms with E-state index in [-0.39, 0.29) is 35.5 Å². The Morgan fingerprint density at radius 2 is 2.26 bits per heavy atom. The summed E-state index contributed by atoms with van der Waals surface area (Å²) in [5, 5.41) is 6.70. The summed E-state index contributed by atoms with van der Waals surface area (Å²) < 4.78 is 26.9. The molecule has 0 fully saturated rings. The average Bonchev–Trinajstić information content (AvgIpc) is 3.00. The van der Waals surface area contributed by atoms with Gasteiger partial charge in [0.05, 0.1) is 23.3 Å². The number of nitrogens with zero attached hydrogens (tertiary/aromatic N) is 3. The molecule has 1 amide bonds. The highest BCUT2D eigenvalue weighted by Gasteiger charge is 2.23. The predicted molar refractivity (Wildman–Crippen MR) is 99.2 cm³/mol. The molecule has 0 saturated carbocycles. The first-order chi connectivity index (χ1) is 12.9. The Morgan fingerprint density at radius 3 is 3.00 bits per heavy atom. The van der Waals surface area contributed by atoms with Gasteiger partial charge in [-0.05, 0) is 25.1 Å². The summed E-state index contributed by atoms with van der Waals surface area (Å²) in [6.45, 7) is 5.77. The van der Waals surface area contributed by atoms with E-state index in [0.717, 1.165) is 0 Å². The van der Waals surface area contributed by atoms with Crippen molar-refractivity contribution in [1.29, 1.82) is 0 Å². The zero-order chi connectivity index (χ0) is 19.6. The molecular weight excluding hydrogens is 375 g/mol. The van der Waals surface area contributed by atoms with Gasteiger partial charge in [-0.3, -0.25) is 9.48 Å². The second kappa shape index (κ2) is 7.79. The molecule has 0 bridgehead atoms. The van der Waals surface area contributed by atoms with E-state index < -0.39 is 11.9 Å². The minimum atomic E-state index is -0.680. The molecule has 2 aromatic rings. The third kappa shape index (κ3) is 3.80. The smallest absolute Gasteiger partial charge is 0.256 e. The number of hydrogen-bond acceptors (Lipinski definition) is 5. The lowest BCUT2D eigenvalue weighted by molar-refractivity contribution is 0.0947. The standard InChI is InChI=1S/C18H18ClFN4O3/c1-4-14-23-17-11(9-22-24(17)3)18(25)21-7-8-26-13-6-5-12(20)16(19)15(13)10(2)27-14/h4-6,9-10H,1,7-8H2,2-3H3,(H,21,25)/b23-14+.